The first kappa shape index (κ1) is 17.0. The molecule has 1 aliphatic heterocycles. The number of carbonyl (C=O) groups excluding carboxylic acids is 1. The molecule has 1 saturated heterocycles. The van der Waals surface area contributed by atoms with Crippen molar-refractivity contribution in [1.82, 2.24) is 10.3 Å². The Bertz CT molecular complexity index is 739. The van der Waals surface area contributed by atoms with Crippen LogP contribution in [0.25, 0.3) is 0 Å². The maximum Gasteiger partial charge on any atom is 0.254 e. The molecule has 0 radical (unpaired) electrons. The molecule has 24 heavy (non-hydrogen) atoms. The van der Waals surface area contributed by atoms with Gasteiger partial charge in [0.1, 0.15) is 5.82 Å². The van der Waals surface area contributed by atoms with Gasteiger partial charge in [0.2, 0.25) is 0 Å². The van der Waals surface area contributed by atoms with Gasteiger partial charge in [-0.25, -0.2) is 4.98 Å². The number of rotatable bonds is 3. The Balaban J connectivity index is 1.73. The van der Waals surface area contributed by atoms with E-state index in [4.69, 9.17) is 0 Å². The average Bonchev–Trinajstić information content (AvgIpc) is 2.63. The fourth-order valence-electron chi connectivity index (χ4n) is 3.31. The lowest BCUT2D eigenvalue weighted by molar-refractivity contribution is 0.0963. The van der Waals surface area contributed by atoms with E-state index >= 15 is 0 Å². The van der Waals surface area contributed by atoms with E-state index in [0.717, 1.165) is 36.2 Å². The molecule has 4 nitrogen and oxygen atoms in total. The zero-order chi connectivity index (χ0) is 17.1. The quantitative estimate of drug-likeness (QED) is 0.868. The van der Waals surface area contributed by atoms with Crippen molar-refractivity contribution in [1.29, 1.82) is 0 Å². The minimum absolute atomic E-state index is 0.0799. The van der Waals surface area contributed by atoms with E-state index in [0.29, 0.717) is 11.5 Å². The summed E-state index contributed by atoms with van der Waals surface area (Å²) in [6.45, 7) is 3.97. The minimum Gasteiger partial charge on any atom is -0.356 e. The van der Waals surface area contributed by atoms with E-state index in [1.54, 1.807) is 13.2 Å². The van der Waals surface area contributed by atoms with Gasteiger partial charge in [0.25, 0.3) is 5.91 Å². The van der Waals surface area contributed by atoms with Gasteiger partial charge in [-0.3, -0.25) is 4.79 Å². The first-order valence-corrected chi connectivity index (χ1v) is 9.07. The van der Waals surface area contributed by atoms with Gasteiger partial charge in [0.15, 0.2) is 0 Å². The van der Waals surface area contributed by atoms with Crippen LogP contribution in [-0.4, -0.2) is 31.0 Å². The molecule has 1 fully saturated rings. The minimum atomic E-state index is -0.0799. The van der Waals surface area contributed by atoms with Crippen molar-refractivity contribution in [3.8, 4) is 0 Å². The maximum atomic E-state index is 12.0. The van der Waals surface area contributed by atoms with E-state index in [1.165, 1.54) is 11.1 Å². The van der Waals surface area contributed by atoms with Gasteiger partial charge in [-0.1, -0.05) is 28.1 Å². The van der Waals surface area contributed by atoms with Crippen LogP contribution in [0, 0.1) is 6.92 Å². The molecule has 126 valence electrons. The van der Waals surface area contributed by atoms with Crippen molar-refractivity contribution in [2.45, 2.75) is 25.7 Å². The Labute approximate surface area is 151 Å². The normalized spacial score (nSPS) is 15.4. The van der Waals surface area contributed by atoms with Crippen molar-refractivity contribution in [2.75, 3.05) is 25.0 Å². The van der Waals surface area contributed by atoms with Crippen LogP contribution in [0.4, 0.5) is 5.82 Å². The second-order valence-electron chi connectivity index (χ2n) is 6.22. The highest BCUT2D eigenvalue weighted by Gasteiger charge is 2.24. The number of hydrogen-bond acceptors (Lipinski definition) is 3. The Morgan fingerprint density at radius 3 is 2.71 bits per heavy atom. The van der Waals surface area contributed by atoms with Crippen molar-refractivity contribution < 1.29 is 4.79 Å². The smallest absolute Gasteiger partial charge is 0.254 e. The van der Waals surface area contributed by atoms with Crippen molar-refractivity contribution in [2.24, 2.45) is 0 Å². The third-order valence-corrected chi connectivity index (χ3v) is 5.60. The summed E-state index contributed by atoms with van der Waals surface area (Å²) >= 11 is 3.57. The van der Waals surface area contributed by atoms with Crippen LogP contribution in [0.2, 0.25) is 0 Å². The Morgan fingerprint density at radius 1 is 1.29 bits per heavy atom. The predicted molar refractivity (Wildman–Crippen MR) is 101 cm³/mol. The van der Waals surface area contributed by atoms with E-state index < -0.39 is 0 Å². The fourth-order valence-corrected chi connectivity index (χ4v) is 3.55. The van der Waals surface area contributed by atoms with Gasteiger partial charge in [-0.05, 0) is 55.0 Å². The van der Waals surface area contributed by atoms with Crippen molar-refractivity contribution >= 4 is 27.7 Å². The molecule has 5 heteroatoms. The van der Waals surface area contributed by atoms with Crippen molar-refractivity contribution in [3.05, 3.63) is 57.7 Å². The number of pyridine rings is 1. The number of benzene rings is 1. The largest absolute Gasteiger partial charge is 0.356 e. The number of piperidine rings is 1. The molecule has 0 unspecified atom stereocenters. The molecule has 0 bridgehead atoms. The third-order valence-electron chi connectivity index (χ3n) is 4.71. The van der Waals surface area contributed by atoms with E-state index in [1.807, 2.05) is 12.1 Å². The number of amides is 1. The number of nitrogens with zero attached hydrogens (tertiary/aromatic N) is 2. The molecule has 1 aromatic carbocycles. The Hall–Kier alpha value is -1.88. The molecule has 0 spiro atoms. The third kappa shape index (κ3) is 3.46. The van der Waals surface area contributed by atoms with Crippen LogP contribution < -0.4 is 10.2 Å². The lowest BCUT2D eigenvalue weighted by Gasteiger charge is -2.34. The summed E-state index contributed by atoms with van der Waals surface area (Å²) in [5.41, 5.74) is 3.34. The van der Waals surface area contributed by atoms with Crippen LogP contribution in [0.5, 0.6) is 0 Å². The zero-order valence-electron chi connectivity index (χ0n) is 14.1. The molecule has 0 aliphatic carbocycles. The number of nitrogens with one attached hydrogen (secondary N) is 1. The topological polar surface area (TPSA) is 45.2 Å². The summed E-state index contributed by atoms with van der Waals surface area (Å²) in [6, 6.07) is 10.3. The zero-order valence-corrected chi connectivity index (χ0v) is 15.6. The molecule has 1 aromatic heterocycles. The number of hydrogen-bond donors (Lipinski definition) is 1. The average molecular weight is 388 g/mol. The molecule has 0 saturated carbocycles. The lowest BCUT2D eigenvalue weighted by Crippen LogP contribution is -2.35. The predicted octanol–water partition coefficient (Wildman–Crippen LogP) is 3.90. The van der Waals surface area contributed by atoms with Crippen LogP contribution in [0.1, 0.15) is 40.2 Å². The Morgan fingerprint density at radius 2 is 2.04 bits per heavy atom. The molecule has 0 atom stereocenters. The highest BCUT2D eigenvalue weighted by atomic mass is 79.9. The summed E-state index contributed by atoms with van der Waals surface area (Å²) in [7, 11) is 1.65. The second kappa shape index (κ2) is 7.34. The van der Waals surface area contributed by atoms with Crippen LogP contribution in [0.3, 0.4) is 0 Å². The number of anilines is 1. The van der Waals surface area contributed by atoms with Gasteiger partial charge in [0, 0.05) is 30.8 Å². The summed E-state index contributed by atoms with van der Waals surface area (Å²) in [4.78, 5) is 18.7. The molecule has 2 aromatic rings. The van der Waals surface area contributed by atoms with Gasteiger partial charge in [-0.2, -0.15) is 0 Å². The maximum absolute atomic E-state index is 12.0. The molecule has 1 N–H and O–H groups in total. The van der Waals surface area contributed by atoms with Gasteiger partial charge in [0.05, 0.1) is 5.56 Å². The molecular weight excluding hydrogens is 366 g/mol. The summed E-state index contributed by atoms with van der Waals surface area (Å²) in [6.07, 6.45) is 3.90. The molecular formula is C19H22BrN3O. The van der Waals surface area contributed by atoms with Crippen LogP contribution in [-0.2, 0) is 0 Å². The first-order valence-electron chi connectivity index (χ1n) is 8.28. The number of aryl methyl sites for hydroxylation is 1. The number of halogens is 1. The molecule has 1 aliphatic rings. The Kier molecular flexibility index (Phi) is 5.19. The SMILES string of the molecule is CNC(=O)c1cccnc1N1CCC(c2ccc(Br)c(C)c2)CC1. The molecule has 1 amide bonds. The molecule has 3 rings (SSSR count). The van der Waals surface area contributed by atoms with Gasteiger partial charge in [-0.15, -0.1) is 0 Å². The second-order valence-corrected chi connectivity index (χ2v) is 7.08. The molecule has 2 heterocycles. The summed E-state index contributed by atoms with van der Waals surface area (Å²) in [5.74, 6) is 1.28. The number of aromatic nitrogens is 1. The fraction of sp³-hybridized carbons (Fsp3) is 0.368. The first-order chi connectivity index (χ1) is 11.6. The van der Waals surface area contributed by atoms with Crippen LogP contribution >= 0.6 is 15.9 Å². The number of carbonyl (C=O) groups is 1. The summed E-state index contributed by atoms with van der Waals surface area (Å²) in [5, 5.41) is 2.70. The van der Waals surface area contributed by atoms with Gasteiger partial charge < -0.3 is 10.2 Å². The van der Waals surface area contributed by atoms with Crippen LogP contribution in [0.15, 0.2) is 41.0 Å². The highest BCUT2D eigenvalue weighted by Crippen LogP contribution is 2.32. The van der Waals surface area contributed by atoms with E-state index in [-0.39, 0.29) is 5.91 Å². The monoisotopic (exact) mass is 387 g/mol. The van der Waals surface area contributed by atoms with Gasteiger partial charge >= 0.3 is 0 Å². The lowest BCUT2D eigenvalue weighted by atomic mass is 9.88. The summed E-state index contributed by atoms with van der Waals surface area (Å²) < 4.78 is 1.16. The van der Waals surface area contributed by atoms with Crippen molar-refractivity contribution in [3.63, 3.8) is 0 Å². The standard InChI is InChI=1S/C19H22BrN3O/c1-13-12-15(5-6-17(13)20)14-7-10-23(11-8-14)18-16(19(24)21-2)4-3-9-22-18/h3-6,9,12,14H,7-8,10-11H2,1-2H3,(H,21,24). The highest BCUT2D eigenvalue weighted by molar-refractivity contribution is 9.10. The van der Waals surface area contributed by atoms with E-state index in [9.17, 15) is 4.79 Å². The van der Waals surface area contributed by atoms with E-state index in [2.05, 4.69) is 56.3 Å².